The lowest BCUT2D eigenvalue weighted by atomic mass is 10.2. The zero-order valence-electron chi connectivity index (χ0n) is 7.73. The molecule has 1 aliphatic rings. The Hall–Kier alpha value is -0.480. The van der Waals surface area contributed by atoms with E-state index in [-0.39, 0.29) is 6.61 Å². The normalized spacial score (nSPS) is 22.5. The second-order valence-electron chi connectivity index (χ2n) is 3.34. The van der Waals surface area contributed by atoms with Gasteiger partial charge in [0, 0.05) is 12.3 Å². The zero-order chi connectivity index (χ0) is 9.26. The van der Waals surface area contributed by atoms with Crippen molar-refractivity contribution < 1.29 is 5.11 Å². The average molecular weight is 198 g/mol. The van der Waals surface area contributed by atoms with Crippen molar-refractivity contribution >= 4 is 11.8 Å². The third-order valence-corrected chi connectivity index (χ3v) is 3.82. The van der Waals surface area contributed by atoms with Gasteiger partial charge in [0.2, 0.25) is 0 Å². The van der Waals surface area contributed by atoms with Crippen LogP contribution in [0, 0.1) is 0 Å². The number of aliphatic hydroxyl groups excluding tert-OH is 1. The maximum atomic E-state index is 9.01. The van der Waals surface area contributed by atoms with Gasteiger partial charge in [-0.2, -0.15) is 16.9 Å². The Morgan fingerprint density at radius 1 is 1.77 bits per heavy atom. The number of aromatic nitrogens is 2. The van der Waals surface area contributed by atoms with Crippen molar-refractivity contribution in [2.75, 3.05) is 5.75 Å². The van der Waals surface area contributed by atoms with E-state index < -0.39 is 0 Å². The molecule has 1 unspecified atom stereocenters. The van der Waals surface area contributed by atoms with Crippen LogP contribution in [0.5, 0.6) is 0 Å². The molecule has 1 N–H and O–H groups in total. The molecule has 1 atom stereocenters. The van der Waals surface area contributed by atoms with E-state index in [9.17, 15) is 0 Å². The molecule has 72 valence electrons. The Morgan fingerprint density at radius 2 is 2.62 bits per heavy atom. The highest BCUT2D eigenvalue weighted by Gasteiger charge is 2.20. The van der Waals surface area contributed by atoms with Crippen LogP contribution in [0.4, 0.5) is 0 Å². The first-order chi connectivity index (χ1) is 6.31. The Morgan fingerprint density at radius 3 is 3.15 bits per heavy atom. The first kappa shape index (κ1) is 9.09. The first-order valence-electron chi connectivity index (χ1n) is 4.56. The van der Waals surface area contributed by atoms with Crippen LogP contribution in [0.2, 0.25) is 0 Å². The summed E-state index contributed by atoms with van der Waals surface area (Å²) in [4.78, 5) is 0. The van der Waals surface area contributed by atoms with Crippen LogP contribution >= 0.6 is 11.8 Å². The maximum absolute atomic E-state index is 9.01. The molecule has 0 saturated carbocycles. The lowest BCUT2D eigenvalue weighted by molar-refractivity contribution is 0.270. The Labute approximate surface area is 82.1 Å². The van der Waals surface area contributed by atoms with Gasteiger partial charge in [0.25, 0.3) is 0 Å². The van der Waals surface area contributed by atoms with Crippen molar-refractivity contribution in [3.63, 3.8) is 0 Å². The van der Waals surface area contributed by atoms with Crippen LogP contribution in [0.15, 0.2) is 6.07 Å². The molecule has 1 fully saturated rings. The van der Waals surface area contributed by atoms with Gasteiger partial charge in [0.1, 0.15) is 0 Å². The van der Waals surface area contributed by atoms with Crippen molar-refractivity contribution in [1.29, 1.82) is 0 Å². The number of nitrogens with zero attached hydrogens (tertiary/aromatic N) is 2. The Bertz CT molecular complexity index is 292. The molecule has 3 nitrogen and oxygen atoms in total. The predicted octanol–water partition coefficient (Wildman–Crippen LogP) is 1.48. The van der Waals surface area contributed by atoms with Crippen LogP contribution in [0.3, 0.4) is 0 Å². The third kappa shape index (κ3) is 1.74. The zero-order valence-corrected chi connectivity index (χ0v) is 8.55. The smallest absolute Gasteiger partial charge is 0.0849 e. The van der Waals surface area contributed by atoms with E-state index in [0.29, 0.717) is 5.25 Å². The minimum Gasteiger partial charge on any atom is -0.390 e. The summed E-state index contributed by atoms with van der Waals surface area (Å²) in [6.07, 6.45) is 2.52. The molecule has 1 aromatic rings. The van der Waals surface area contributed by atoms with Crippen LogP contribution in [-0.4, -0.2) is 20.6 Å². The van der Waals surface area contributed by atoms with E-state index in [4.69, 9.17) is 5.11 Å². The Kier molecular flexibility index (Phi) is 2.60. The highest BCUT2D eigenvalue weighted by atomic mass is 32.2. The summed E-state index contributed by atoms with van der Waals surface area (Å²) < 4.78 is 1.77. The van der Waals surface area contributed by atoms with Gasteiger partial charge in [-0.3, -0.25) is 4.68 Å². The molecule has 13 heavy (non-hydrogen) atoms. The number of hydrogen-bond acceptors (Lipinski definition) is 3. The largest absolute Gasteiger partial charge is 0.390 e. The van der Waals surface area contributed by atoms with Crippen molar-refractivity contribution in [1.82, 2.24) is 9.78 Å². The molecule has 0 radical (unpaired) electrons. The van der Waals surface area contributed by atoms with Crippen LogP contribution < -0.4 is 0 Å². The molecule has 4 heteroatoms. The SMILES string of the molecule is Cn1nc(C2CCCS2)cc1CO. The topological polar surface area (TPSA) is 38.0 Å². The fourth-order valence-corrected chi connectivity index (χ4v) is 2.88. The van der Waals surface area contributed by atoms with Gasteiger partial charge in [-0.1, -0.05) is 0 Å². The number of aliphatic hydroxyl groups is 1. The fraction of sp³-hybridized carbons (Fsp3) is 0.667. The summed E-state index contributed by atoms with van der Waals surface area (Å²) in [6, 6.07) is 2.02. The number of aryl methyl sites for hydroxylation is 1. The van der Waals surface area contributed by atoms with E-state index >= 15 is 0 Å². The summed E-state index contributed by atoms with van der Waals surface area (Å²) in [5, 5.41) is 14.0. The number of hydrogen-bond donors (Lipinski definition) is 1. The lowest BCUT2D eigenvalue weighted by Crippen LogP contribution is -1.97. The summed E-state index contributed by atoms with van der Waals surface area (Å²) in [7, 11) is 1.88. The highest BCUT2D eigenvalue weighted by Crippen LogP contribution is 2.39. The van der Waals surface area contributed by atoms with Gasteiger partial charge in [-0.05, 0) is 24.7 Å². The van der Waals surface area contributed by atoms with Gasteiger partial charge >= 0.3 is 0 Å². The standard InChI is InChI=1S/C9H14N2OS/c1-11-7(6-12)5-8(10-11)9-3-2-4-13-9/h5,9,12H,2-4,6H2,1H3. The molecule has 0 bridgehead atoms. The first-order valence-corrected chi connectivity index (χ1v) is 5.61. The molecule has 1 aromatic heterocycles. The van der Waals surface area contributed by atoms with E-state index in [1.54, 1.807) is 4.68 Å². The van der Waals surface area contributed by atoms with E-state index in [1.807, 2.05) is 24.9 Å². The average Bonchev–Trinajstić information content (AvgIpc) is 2.71. The van der Waals surface area contributed by atoms with Gasteiger partial charge in [0.15, 0.2) is 0 Å². The summed E-state index contributed by atoms with van der Waals surface area (Å²) >= 11 is 1.97. The molecule has 2 rings (SSSR count). The molecule has 0 aliphatic carbocycles. The van der Waals surface area contributed by atoms with Crippen molar-refractivity contribution in [2.24, 2.45) is 7.05 Å². The summed E-state index contributed by atoms with van der Waals surface area (Å²) in [5.41, 5.74) is 2.04. The third-order valence-electron chi connectivity index (χ3n) is 2.42. The van der Waals surface area contributed by atoms with Crippen molar-refractivity contribution in [3.8, 4) is 0 Å². The minimum atomic E-state index is 0.0842. The number of thioether (sulfide) groups is 1. The number of rotatable bonds is 2. The Balaban J connectivity index is 2.20. The van der Waals surface area contributed by atoms with E-state index in [0.717, 1.165) is 11.4 Å². The van der Waals surface area contributed by atoms with E-state index in [1.165, 1.54) is 18.6 Å². The summed E-state index contributed by atoms with van der Waals surface area (Å²) in [5.74, 6) is 1.25. The van der Waals surface area contributed by atoms with Crippen LogP contribution in [-0.2, 0) is 13.7 Å². The second-order valence-corrected chi connectivity index (χ2v) is 4.65. The monoisotopic (exact) mass is 198 g/mol. The predicted molar refractivity (Wildman–Crippen MR) is 53.6 cm³/mol. The fourth-order valence-electron chi connectivity index (χ4n) is 1.65. The molecule has 1 aliphatic heterocycles. The molecule has 0 aromatic carbocycles. The quantitative estimate of drug-likeness (QED) is 0.782. The lowest BCUT2D eigenvalue weighted by Gasteiger charge is -2.01. The second kappa shape index (κ2) is 3.72. The molecule has 2 heterocycles. The van der Waals surface area contributed by atoms with Crippen LogP contribution in [0.1, 0.15) is 29.5 Å². The van der Waals surface area contributed by atoms with Gasteiger partial charge in [-0.25, -0.2) is 0 Å². The minimum absolute atomic E-state index is 0.0842. The van der Waals surface area contributed by atoms with Crippen LogP contribution in [0.25, 0.3) is 0 Å². The maximum Gasteiger partial charge on any atom is 0.0849 e. The summed E-state index contributed by atoms with van der Waals surface area (Å²) in [6.45, 7) is 0.0842. The molecular formula is C9H14N2OS. The van der Waals surface area contributed by atoms with Gasteiger partial charge < -0.3 is 5.11 Å². The van der Waals surface area contributed by atoms with Gasteiger partial charge in [-0.15, -0.1) is 0 Å². The molecule has 0 spiro atoms. The van der Waals surface area contributed by atoms with Gasteiger partial charge in [0.05, 0.1) is 18.0 Å². The molecule has 1 saturated heterocycles. The van der Waals surface area contributed by atoms with Crippen molar-refractivity contribution in [2.45, 2.75) is 24.7 Å². The molecule has 0 amide bonds. The molecular weight excluding hydrogens is 184 g/mol. The van der Waals surface area contributed by atoms with Crippen molar-refractivity contribution in [3.05, 3.63) is 17.5 Å². The van der Waals surface area contributed by atoms with E-state index in [2.05, 4.69) is 5.10 Å². The highest BCUT2D eigenvalue weighted by molar-refractivity contribution is 7.99.